The molecule has 1 amide bonds. The van der Waals surface area contributed by atoms with E-state index in [1.165, 1.54) is 4.31 Å². The molecule has 1 heterocycles. The number of sulfonamides is 1. The third kappa shape index (κ3) is 4.12. The van der Waals surface area contributed by atoms with E-state index in [2.05, 4.69) is 13.8 Å². The normalized spacial score (nSPS) is 29.3. The lowest BCUT2D eigenvalue weighted by Crippen LogP contribution is -2.56. The smallest absolute Gasteiger partial charge is 0.307 e. The molecular formula is C23H32N2O5S. The predicted octanol–water partition coefficient (Wildman–Crippen LogP) is 2.78. The second-order valence-electron chi connectivity index (χ2n) is 9.52. The van der Waals surface area contributed by atoms with Crippen molar-refractivity contribution < 1.29 is 23.1 Å². The van der Waals surface area contributed by atoms with Gasteiger partial charge in [0.15, 0.2) is 0 Å². The fourth-order valence-corrected chi connectivity index (χ4v) is 7.12. The lowest BCUT2D eigenvalue weighted by Gasteiger charge is -2.48. The summed E-state index contributed by atoms with van der Waals surface area (Å²) in [5.41, 5.74) is 1.09. The molecule has 1 N–H and O–H groups in total. The molecule has 0 spiro atoms. The van der Waals surface area contributed by atoms with Crippen LogP contribution in [-0.4, -0.2) is 60.8 Å². The molecule has 8 heteroatoms. The molecule has 3 aliphatic carbocycles. The van der Waals surface area contributed by atoms with Crippen LogP contribution in [0.5, 0.6) is 0 Å². The van der Waals surface area contributed by atoms with Crippen LogP contribution in [0.15, 0.2) is 29.2 Å². The van der Waals surface area contributed by atoms with Crippen LogP contribution in [0.2, 0.25) is 0 Å². The molecule has 4 fully saturated rings. The standard InChI is InChI=1S/C23H32N2O5S/c1-15(2)16-7-9-19(10-8-16)31(29,30)25-13-11-24(12-14-25)22(26)20-17-3-5-18(6-4-17)21(20)23(27)28/h7-10,15,17-18,20-21H,3-6,11-14H2,1-2H3,(H,27,28). The molecule has 170 valence electrons. The van der Waals surface area contributed by atoms with Gasteiger partial charge in [-0.05, 0) is 61.1 Å². The van der Waals surface area contributed by atoms with Gasteiger partial charge >= 0.3 is 5.97 Å². The largest absolute Gasteiger partial charge is 0.481 e. The van der Waals surface area contributed by atoms with Gasteiger partial charge < -0.3 is 10.0 Å². The van der Waals surface area contributed by atoms with Gasteiger partial charge in [0.05, 0.1) is 16.7 Å². The van der Waals surface area contributed by atoms with Crippen molar-refractivity contribution in [3.63, 3.8) is 0 Å². The Balaban J connectivity index is 1.43. The van der Waals surface area contributed by atoms with E-state index in [4.69, 9.17) is 0 Å². The quantitative estimate of drug-likeness (QED) is 0.747. The maximum Gasteiger partial charge on any atom is 0.307 e. The summed E-state index contributed by atoms with van der Waals surface area (Å²) in [7, 11) is -3.61. The van der Waals surface area contributed by atoms with Crippen molar-refractivity contribution in [2.24, 2.45) is 23.7 Å². The number of fused-ring (bicyclic) bond motifs is 3. The molecule has 5 rings (SSSR count). The highest BCUT2D eigenvalue weighted by molar-refractivity contribution is 7.89. The lowest BCUT2D eigenvalue weighted by atomic mass is 9.58. The first-order valence-corrected chi connectivity index (χ1v) is 12.8. The van der Waals surface area contributed by atoms with Crippen molar-refractivity contribution in [2.75, 3.05) is 26.2 Å². The molecule has 7 nitrogen and oxygen atoms in total. The van der Waals surface area contributed by atoms with Crippen molar-refractivity contribution in [3.8, 4) is 0 Å². The van der Waals surface area contributed by atoms with Crippen LogP contribution in [0.3, 0.4) is 0 Å². The highest BCUT2D eigenvalue weighted by Crippen LogP contribution is 2.49. The molecule has 3 saturated carbocycles. The zero-order valence-corrected chi connectivity index (χ0v) is 19.1. The van der Waals surface area contributed by atoms with E-state index < -0.39 is 27.8 Å². The van der Waals surface area contributed by atoms with E-state index >= 15 is 0 Å². The van der Waals surface area contributed by atoms with Crippen LogP contribution in [0.1, 0.15) is 51.0 Å². The van der Waals surface area contributed by atoms with E-state index in [0.29, 0.717) is 19.0 Å². The van der Waals surface area contributed by atoms with E-state index in [-0.39, 0.29) is 35.7 Å². The number of rotatable bonds is 5. The molecule has 2 atom stereocenters. The summed E-state index contributed by atoms with van der Waals surface area (Å²) < 4.78 is 27.5. The number of carbonyl (C=O) groups is 2. The average Bonchev–Trinajstić information content (AvgIpc) is 2.78. The molecule has 1 aliphatic heterocycles. The first-order valence-electron chi connectivity index (χ1n) is 11.3. The molecule has 4 aliphatic rings. The van der Waals surface area contributed by atoms with Crippen molar-refractivity contribution in [3.05, 3.63) is 29.8 Å². The SMILES string of the molecule is CC(C)c1ccc(S(=O)(=O)N2CCN(C(=O)C3C4CCC(CC4)C3C(=O)O)CC2)cc1. The molecular weight excluding hydrogens is 416 g/mol. The Kier molecular flexibility index (Phi) is 6.14. The molecule has 2 unspecified atom stereocenters. The van der Waals surface area contributed by atoms with E-state index in [0.717, 1.165) is 31.2 Å². The number of nitrogens with zero attached hydrogens (tertiary/aromatic N) is 2. The molecule has 0 aromatic heterocycles. The maximum absolute atomic E-state index is 13.3. The molecule has 31 heavy (non-hydrogen) atoms. The minimum Gasteiger partial charge on any atom is -0.481 e. The Bertz CT molecular complexity index is 927. The molecule has 1 saturated heterocycles. The third-order valence-electron chi connectivity index (χ3n) is 7.52. The average molecular weight is 449 g/mol. The summed E-state index contributed by atoms with van der Waals surface area (Å²) in [5.74, 6) is -1.46. The van der Waals surface area contributed by atoms with Gasteiger partial charge in [-0.1, -0.05) is 26.0 Å². The number of hydrogen-bond donors (Lipinski definition) is 1. The number of carbonyl (C=O) groups excluding carboxylic acids is 1. The van der Waals surface area contributed by atoms with Crippen LogP contribution in [0.4, 0.5) is 0 Å². The van der Waals surface area contributed by atoms with Gasteiger partial charge in [-0.2, -0.15) is 4.31 Å². The van der Waals surface area contributed by atoms with Gasteiger partial charge in [0, 0.05) is 26.2 Å². The summed E-state index contributed by atoms with van der Waals surface area (Å²) in [6, 6.07) is 7.00. The van der Waals surface area contributed by atoms with E-state index in [1.807, 2.05) is 12.1 Å². The fraction of sp³-hybridized carbons (Fsp3) is 0.652. The van der Waals surface area contributed by atoms with Crippen LogP contribution >= 0.6 is 0 Å². The number of piperazine rings is 1. The second kappa shape index (κ2) is 8.54. The number of carboxylic acid groups (broad SMARTS) is 1. The monoisotopic (exact) mass is 448 g/mol. The third-order valence-corrected chi connectivity index (χ3v) is 9.44. The van der Waals surface area contributed by atoms with Gasteiger partial charge in [0.25, 0.3) is 0 Å². The lowest BCUT2D eigenvalue weighted by molar-refractivity contribution is -0.162. The summed E-state index contributed by atoms with van der Waals surface area (Å²) in [6.07, 6.45) is 3.64. The van der Waals surface area contributed by atoms with Gasteiger partial charge in [0.2, 0.25) is 15.9 Å². The van der Waals surface area contributed by atoms with Crippen molar-refractivity contribution in [1.29, 1.82) is 0 Å². The Hall–Kier alpha value is -1.93. The summed E-state index contributed by atoms with van der Waals surface area (Å²) in [5, 5.41) is 9.75. The molecule has 1 aromatic carbocycles. The first kappa shape index (κ1) is 22.3. The van der Waals surface area contributed by atoms with Gasteiger partial charge in [-0.15, -0.1) is 0 Å². The minimum absolute atomic E-state index is 0.0897. The van der Waals surface area contributed by atoms with Crippen molar-refractivity contribution >= 4 is 21.9 Å². The number of amides is 1. The van der Waals surface area contributed by atoms with Crippen LogP contribution in [-0.2, 0) is 19.6 Å². The van der Waals surface area contributed by atoms with Crippen molar-refractivity contribution in [1.82, 2.24) is 9.21 Å². The fourth-order valence-electron chi connectivity index (χ4n) is 5.69. The Morgan fingerprint density at radius 1 is 0.903 bits per heavy atom. The van der Waals surface area contributed by atoms with Crippen LogP contribution in [0, 0.1) is 23.7 Å². The Morgan fingerprint density at radius 3 is 1.90 bits per heavy atom. The Morgan fingerprint density at radius 2 is 1.42 bits per heavy atom. The van der Waals surface area contributed by atoms with Gasteiger partial charge in [-0.3, -0.25) is 9.59 Å². The molecule has 2 bridgehead atoms. The highest BCUT2D eigenvalue weighted by atomic mass is 32.2. The minimum atomic E-state index is -3.61. The second-order valence-corrected chi connectivity index (χ2v) is 11.5. The summed E-state index contributed by atoms with van der Waals surface area (Å²) >= 11 is 0. The zero-order chi connectivity index (χ0) is 22.3. The number of aliphatic carboxylic acids is 1. The summed E-state index contributed by atoms with van der Waals surface area (Å²) in [4.78, 5) is 27.1. The summed E-state index contributed by atoms with van der Waals surface area (Å²) in [6.45, 7) is 5.21. The molecule has 1 aromatic rings. The maximum atomic E-state index is 13.3. The van der Waals surface area contributed by atoms with Crippen molar-refractivity contribution in [2.45, 2.75) is 50.3 Å². The number of benzene rings is 1. The van der Waals surface area contributed by atoms with Crippen LogP contribution in [0.25, 0.3) is 0 Å². The highest BCUT2D eigenvalue weighted by Gasteiger charge is 2.51. The predicted molar refractivity (Wildman–Crippen MR) is 116 cm³/mol. The molecule has 0 radical (unpaired) electrons. The number of hydrogen-bond acceptors (Lipinski definition) is 4. The first-order chi connectivity index (χ1) is 14.7. The topological polar surface area (TPSA) is 95.0 Å². The van der Waals surface area contributed by atoms with Gasteiger partial charge in [-0.25, -0.2) is 8.42 Å². The van der Waals surface area contributed by atoms with E-state index in [1.54, 1.807) is 17.0 Å². The van der Waals surface area contributed by atoms with Gasteiger partial charge in [0.1, 0.15) is 0 Å². The zero-order valence-electron chi connectivity index (χ0n) is 18.2. The number of carboxylic acids is 1. The van der Waals surface area contributed by atoms with Crippen LogP contribution < -0.4 is 0 Å². The Labute approximate surface area is 184 Å². The van der Waals surface area contributed by atoms with E-state index in [9.17, 15) is 23.1 Å².